The molecule has 1 unspecified atom stereocenters. The van der Waals surface area contributed by atoms with Gasteiger partial charge in [-0.2, -0.15) is 0 Å². The van der Waals surface area contributed by atoms with E-state index in [2.05, 4.69) is 22.2 Å². The summed E-state index contributed by atoms with van der Waals surface area (Å²) in [4.78, 5) is 22.2. The fraction of sp³-hybridized carbons (Fsp3) is 0.500. The third-order valence-electron chi connectivity index (χ3n) is 3.94. The van der Waals surface area contributed by atoms with Crippen LogP contribution in [0.5, 0.6) is 0 Å². The highest BCUT2D eigenvalue weighted by atomic mass is 35.5. The lowest BCUT2D eigenvalue weighted by Gasteiger charge is -2.20. The molecule has 2 aromatic rings. The topological polar surface area (TPSA) is 61.0 Å². The van der Waals surface area contributed by atoms with Gasteiger partial charge < -0.3 is 15.2 Å². The van der Waals surface area contributed by atoms with Crippen molar-refractivity contribution in [2.75, 3.05) is 31.9 Å². The monoisotopic (exact) mass is 354 g/mol. The minimum atomic E-state index is 0. The van der Waals surface area contributed by atoms with Crippen molar-refractivity contribution in [2.45, 2.75) is 18.6 Å². The van der Waals surface area contributed by atoms with Gasteiger partial charge in [-0.3, -0.25) is 4.79 Å². The van der Waals surface area contributed by atoms with E-state index in [1.54, 1.807) is 11.8 Å². The van der Waals surface area contributed by atoms with Crippen LogP contribution in [0, 0.1) is 0 Å². The summed E-state index contributed by atoms with van der Waals surface area (Å²) in [6.45, 7) is 5.69. The van der Waals surface area contributed by atoms with Crippen LogP contribution in [0.1, 0.15) is 24.4 Å². The molecule has 2 heterocycles. The summed E-state index contributed by atoms with van der Waals surface area (Å²) in [5.74, 6) is 1.69. The van der Waals surface area contributed by atoms with Crippen LogP contribution in [0.25, 0.3) is 11.0 Å². The molecule has 0 bridgehead atoms. The number of carbonyl (C=O) groups is 1. The van der Waals surface area contributed by atoms with Crippen LogP contribution in [-0.4, -0.2) is 52.7 Å². The number of hydrogen-bond acceptors (Lipinski definition) is 4. The number of aromatic nitrogens is 2. The highest BCUT2D eigenvalue weighted by molar-refractivity contribution is 8.00. The molecule has 0 radical (unpaired) electrons. The standard InChI is InChI=1S/C16H22N4OS.ClH/c1-12(16-18-13-5-2-3-6-14(13)19-16)22-11-15(21)20-9-4-7-17-8-10-20;/h2-3,5-6,12,17H,4,7-11H2,1H3,(H,18,19);1H. The molecule has 1 saturated heterocycles. The van der Waals surface area contributed by atoms with Crippen molar-refractivity contribution in [1.82, 2.24) is 20.2 Å². The molecule has 1 aromatic carbocycles. The van der Waals surface area contributed by atoms with Crippen molar-refractivity contribution in [3.63, 3.8) is 0 Å². The molecule has 0 spiro atoms. The lowest BCUT2D eigenvalue weighted by molar-refractivity contribution is -0.128. The van der Waals surface area contributed by atoms with E-state index in [9.17, 15) is 4.79 Å². The van der Waals surface area contributed by atoms with E-state index in [1.165, 1.54) is 0 Å². The lowest BCUT2D eigenvalue weighted by atomic mass is 10.3. The third kappa shape index (κ3) is 4.62. The Morgan fingerprint density at radius 2 is 2.17 bits per heavy atom. The number of thioether (sulfide) groups is 1. The molecule has 1 aliphatic heterocycles. The van der Waals surface area contributed by atoms with E-state index >= 15 is 0 Å². The van der Waals surface area contributed by atoms with Crippen LogP contribution in [-0.2, 0) is 4.79 Å². The molecule has 23 heavy (non-hydrogen) atoms. The van der Waals surface area contributed by atoms with Crippen LogP contribution < -0.4 is 5.32 Å². The number of amides is 1. The van der Waals surface area contributed by atoms with Gasteiger partial charge in [0, 0.05) is 19.6 Å². The van der Waals surface area contributed by atoms with Gasteiger partial charge in [0.25, 0.3) is 0 Å². The Bertz CT molecular complexity index is 607. The van der Waals surface area contributed by atoms with Crippen LogP contribution in [0.3, 0.4) is 0 Å². The Labute approximate surface area is 147 Å². The molecule has 0 saturated carbocycles. The summed E-state index contributed by atoms with van der Waals surface area (Å²) >= 11 is 1.65. The van der Waals surface area contributed by atoms with Crippen molar-refractivity contribution < 1.29 is 4.79 Å². The van der Waals surface area contributed by atoms with Crippen LogP contribution >= 0.6 is 24.2 Å². The second kappa shape index (κ2) is 8.57. The van der Waals surface area contributed by atoms with Gasteiger partial charge in [0.05, 0.1) is 22.0 Å². The summed E-state index contributed by atoms with van der Waals surface area (Å²) < 4.78 is 0. The third-order valence-corrected chi connectivity index (χ3v) is 5.08. The lowest BCUT2D eigenvalue weighted by Crippen LogP contribution is -2.35. The Morgan fingerprint density at radius 3 is 3.00 bits per heavy atom. The van der Waals surface area contributed by atoms with Gasteiger partial charge in [-0.05, 0) is 32.0 Å². The Balaban J connectivity index is 0.00000192. The maximum atomic E-state index is 12.3. The number of fused-ring (bicyclic) bond motifs is 1. The number of H-pyrrole nitrogens is 1. The van der Waals surface area contributed by atoms with Gasteiger partial charge in [-0.1, -0.05) is 12.1 Å². The predicted octanol–water partition coefficient (Wildman–Crippen LogP) is 2.60. The first-order chi connectivity index (χ1) is 10.7. The van der Waals surface area contributed by atoms with Gasteiger partial charge >= 0.3 is 0 Å². The van der Waals surface area contributed by atoms with Crippen molar-refractivity contribution in [2.24, 2.45) is 0 Å². The van der Waals surface area contributed by atoms with E-state index in [0.29, 0.717) is 5.75 Å². The average Bonchev–Trinajstić information content (AvgIpc) is 2.78. The summed E-state index contributed by atoms with van der Waals surface area (Å²) in [5, 5.41) is 3.50. The highest BCUT2D eigenvalue weighted by Gasteiger charge is 2.18. The number of hydrogen-bond donors (Lipinski definition) is 2. The van der Waals surface area contributed by atoms with Crippen LogP contribution in [0.15, 0.2) is 24.3 Å². The molecule has 7 heteroatoms. The quantitative estimate of drug-likeness (QED) is 0.886. The first kappa shape index (κ1) is 18.1. The van der Waals surface area contributed by atoms with E-state index in [-0.39, 0.29) is 23.6 Å². The normalized spacial score (nSPS) is 16.7. The maximum Gasteiger partial charge on any atom is 0.232 e. The van der Waals surface area contributed by atoms with E-state index < -0.39 is 0 Å². The van der Waals surface area contributed by atoms with Crippen LogP contribution in [0.2, 0.25) is 0 Å². The molecule has 1 amide bonds. The SMILES string of the molecule is CC(SCC(=O)N1CCCNCC1)c1nc2ccccc2[nH]1.Cl. The van der Waals surface area contributed by atoms with E-state index in [1.807, 2.05) is 29.2 Å². The second-order valence-corrected chi connectivity index (χ2v) is 6.91. The van der Waals surface area contributed by atoms with E-state index in [0.717, 1.165) is 49.5 Å². The molecule has 1 atom stereocenters. The smallest absolute Gasteiger partial charge is 0.232 e. The number of para-hydroxylation sites is 2. The molecule has 0 aliphatic carbocycles. The number of halogens is 1. The molecule has 1 aliphatic rings. The molecule has 126 valence electrons. The number of nitrogens with zero attached hydrogens (tertiary/aromatic N) is 2. The first-order valence-electron chi connectivity index (χ1n) is 7.79. The van der Waals surface area contributed by atoms with Gasteiger partial charge in [-0.25, -0.2) is 4.98 Å². The molecule has 3 rings (SSSR count). The minimum Gasteiger partial charge on any atom is -0.341 e. The largest absolute Gasteiger partial charge is 0.341 e. The molecule has 1 fully saturated rings. The first-order valence-corrected chi connectivity index (χ1v) is 8.83. The summed E-state index contributed by atoms with van der Waals surface area (Å²) in [7, 11) is 0. The molecule has 5 nitrogen and oxygen atoms in total. The Hall–Kier alpha value is -1.24. The number of rotatable bonds is 4. The number of benzene rings is 1. The minimum absolute atomic E-state index is 0. The predicted molar refractivity (Wildman–Crippen MR) is 98.3 cm³/mol. The molecule has 1 aromatic heterocycles. The number of imidazole rings is 1. The summed E-state index contributed by atoms with van der Waals surface area (Å²) in [6.07, 6.45) is 1.04. The van der Waals surface area contributed by atoms with Gasteiger partial charge in [0.15, 0.2) is 0 Å². The van der Waals surface area contributed by atoms with Crippen molar-refractivity contribution in [1.29, 1.82) is 0 Å². The number of nitrogens with one attached hydrogen (secondary N) is 2. The van der Waals surface area contributed by atoms with Crippen molar-refractivity contribution >= 4 is 41.1 Å². The molecular weight excluding hydrogens is 332 g/mol. The zero-order valence-corrected chi connectivity index (χ0v) is 14.9. The van der Waals surface area contributed by atoms with Crippen molar-refractivity contribution in [3.05, 3.63) is 30.1 Å². The van der Waals surface area contributed by atoms with Gasteiger partial charge in [-0.15, -0.1) is 24.2 Å². The number of aromatic amines is 1. The summed E-state index contributed by atoms with van der Waals surface area (Å²) in [5.41, 5.74) is 2.03. The zero-order valence-electron chi connectivity index (χ0n) is 13.2. The maximum absolute atomic E-state index is 12.3. The highest BCUT2D eigenvalue weighted by Crippen LogP contribution is 2.27. The molecule has 2 N–H and O–H groups in total. The Kier molecular flexibility index (Phi) is 6.74. The fourth-order valence-corrected chi connectivity index (χ4v) is 3.47. The number of carbonyl (C=O) groups excluding carboxylic acids is 1. The van der Waals surface area contributed by atoms with Gasteiger partial charge in [0.1, 0.15) is 5.82 Å². The Morgan fingerprint density at radius 1 is 1.35 bits per heavy atom. The van der Waals surface area contributed by atoms with Gasteiger partial charge in [0.2, 0.25) is 5.91 Å². The zero-order chi connectivity index (χ0) is 15.4. The summed E-state index contributed by atoms with van der Waals surface area (Å²) in [6, 6.07) is 8.02. The fourth-order valence-electron chi connectivity index (χ4n) is 2.63. The van der Waals surface area contributed by atoms with E-state index in [4.69, 9.17) is 0 Å². The molecular formula is C16H23ClN4OS. The van der Waals surface area contributed by atoms with Crippen molar-refractivity contribution in [3.8, 4) is 0 Å². The average molecular weight is 355 g/mol. The van der Waals surface area contributed by atoms with Crippen LogP contribution in [0.4, 0.5) is 0 Å². The second-order valence-electron chi connectivity index (χ2n) is 5.58.